The lowest BCUT2D eigenvalue weighted by atomic mass is 10.0. The average molecular weight is 563 g/mol. The molecule has 40 heavy (non-hydrogen) atoms. The maximum atomic E-state index is 12.3. The lowest BCUT2D eigenvalue weighted by molar-refractivity contribution is -0.150. The van der Waals surface area contributed by atoms with Crippen LogP contribution in [0.2, 0.25) is 0 Å². The summed E-state index contributed by atoms with van der Waals surface area (Å²) in [6.45, 7) is 4.42. The maximum Gasteiger partial charge on any atom is 0.306 e. The van der Waals surface area contributed by atoms with Crippen molar-refractivity contribution in [2.75, 3.05) is 0 Å². The first-order chi connectivity index (χ1) is 19.6. The predicted molar refractivity (Wildman–Crippen MR) is 172 cm³/mol. The monoisotopic (exact) mass is 562 g/mol. The molecular weight excluding hydrogens is 496 g/mol. The van der Waals surface area contributed by atoms with E-state index >= 15 is 0 Å². The van der Waals surface area contributed by atoms with Crippen LogP contribution in [0.1, 0.15) is 187 Å². The van der Waals surface area contributed by atoms with E-state index in [0.717, 1.165) is 64.2 Å². The molecule has 0 spiro atoms. The van der Waals surface area contributed by atoms with Crippen LogP contribution in [0.4, 0.5) is 0 Å². The van der Waals surface area contributed by atoms with Crippen LogP contribution in [-0.4, -0.2) is 23.1 Å². The number of allylic oxidation sites excluding steroid dienone is 4. The van der Waals surface area contributed by atoms with E-state index < -0.39 is 5.97 Å². The van der Waals surface area contributed by atoms with E-state index in [2.05, 4.69) is 38.2 Å². The summed E-state index contributed by atoms with van der Waals surface area (Å²) < 4.78 is 5.83. The van der Waals surface area contributed by atoms with Gasteiger partial charge in [-0.2, -0.15) is 0 Å². The van der Waals surface area contributed by atoms with E-state index in [4.69, 9.17) is 9.84 Å². The third-order valence-corrected chi connectivity index (χ3v) is 7.66. The summed E-state index contributed by atoms with van der Waals surface area (Å²) >= 11 is 0. The third kappa shape index (κ3) is 31.0. The highest BCUT2D eigenvalue weighted by atomic mass is 16.5. The summed E-state index contributed by atoms with van der Waals surface area (Å²) in [7, 11) is 0. The van der Waals surface area contributed by atoms with Crippen molar-refractivity contribution in [3.05, 3.63) is 24.3 Å². The first-order valence-corrected chi connectivity index (χ1v) is 17.3. The van der Waals surface area contributed by atoms with Gasteiger partial charge >= 0.3 is 11.9 Å². The van der Waals surface area contributed by atoms with Gasteiger partial charge in [0.15, 0.2) is 0 Å². The molecular formula is C36H66O4. The van der Waals surface area contributed by atoms with Crippen LogP contribution in [0.5, 0.6) is 0 Å². The molecule has 1 atom stereocenters. The Hall–Kier alpha value is -1.58. The highest BCUT2D eigenvalue weighted by molar-refractivity contribution is 5.69. The molecule has 4 heteroatoms. The molecule has 0 aliphatic carbocycles. The molecule has 0 aromatic rings. The van der Waals surface area contributed by atoms with Crippen LogP contribution >= 0.6 is 0 Å². The van der Waals surface area contributed by atoms with Gasteiger partial charge < -0.3 is 9.84 Å². The molecule has 1 N–H and O–H groups in total. The number of ether oxygens (including phenoxy) is 1. The molecule has 0 fully saturated rings. The summed E-state index contributed by atoms with van der Waals surface area (Å²) in [6.07, 6.45) is 39.6. The van der Waals surface area contributed by atoms with Crippen LogP contribution in [-0.2, 0) is 14.3 Å². The van der Waals surface area contributed by atoms with E-state index in [1.54, 1.807) is 0 Å². The Labute approximate surface area is 248 Å². The molecule has 0 bridgehead atoms. The van der Waals surface area contributed by atoms with E-state index in [1.807, 2.05) is 0 Å². The Morgan fingerprint density at radius 1 is 0.550 bits per heavy atom. The fourth-order valence-electron chi connectivity index (χ4n) is 5.15. The molecule has 234 valence electrons. The van der Waals surface area contributed by atoms with Gasteiger partial charge in [0, 0.05) is 12.8 Å². The molecule has 0 aromatic heterocycles. The minimum atomic E-state index is -0.681. The third-order valence-electron chi connectivity index (χ3n) is 7.66. The van der Waals surface area contributed by atoms with Gasteiger partial charge in [0.2, 0.25) is 0 Å². The van der Waals surface area contributed by atoms with Crippen molar-refractivity contribution in [1.29, 1.82) is 0 Å². The second kappa shape index (κ2) is 31.9. The molecule has 0 amide bonds. The second-order valence-electron chi connectivity index (χ2n) is 11.7. The van der Waals surface area contributed by atoms with Gasteiger partial charge in [0.25, 0.3) is 0 Å². The van der Waals surface area contributed by atoms with Gasteiger partial charge in [-0.1, -0.05) is 134 Å². The number of carbonyl (C=O) groups is 2. The fourth-order valence-corrected chi connectivity index (χ4v) is 5.15. The zero-order valence-electron chi connectivity index (χ0n) is 26.7. The summed E-state index contributed by atoms with van der Waals surface area (Å²) in [6, 6.07) is 0. The summed E-state index contributed by atoms with van der Waals surface area (Å²) in [5, 5.41) is 8.66. The number of esters is 1. The minimum absolute atomic E-state index is 0.00365. The Morgan fingerprint density at radius 3 is 1.55 bits per heavy atom. The quantitative estimate of drug-likeness (QED) is 0.0518. The number of carboxylic acids is 1. The Kier molecular flexibility index (Phi) is 30.7. The lowest BCUT2D eigenvalue weighted by Gasteiger charge is -2.17. The zero-order valence-corrected chi connectivity index (χ0v) is 26.7. The fraction of sp³-hybridized carbons (Fsp3) is 0.833. The number of hydrogen-bond acceptors (Lipinski definition) is 3. The van der Waals surface area contributed by atoms with Crippen molar-refractivity contribution in [1.82, 2.24) is 0 Å². The Morgan fingerprint density at radius 2 is 1.02 bits per heavy atom. The van der Waals surface area contributed by atoms with E-state index in [9.17, 15) is 9.59 Å². The number of aliphatic carboxylic acids is 1. The van der Waals surface area contributed by atoms with Crippen molar-refractivity contribution in [2.24, 2.45) is 0 Å². The van der Waals surface area contributed by atoms with Crippen molar-refractivity contribution in [3.63, 3.8) is 0 Å². The largest absolute Gasteiger partial charge is 0.481 e. The highest BCUT2D eigenvalue weighted by Crippen LogP contribution is 2.17. The predicted octanol–water partition coefficient (Wildman–Crippen LogP) is 11.7. The summed E-state index contributed by atoms with van der Waals surface area (Å²) in [5.74, 6) is -0.677. The molecule has 0 saturated heterocycles. The van der Waals surface area contributed by atoms with Gasteiger partial charge in [-0.15, -0.1) is 0 Å². The second-order valence-corrected chi connectivity index (χ2v) is 11.7. The van der Waals surface area contributed by atoms with Crippen molar-refractivity contribution < 1.29 is 19.4 Å². The van der Waals surface area contributed by atoms with Gasteiger partial charge in [-0.05, 0) is 64.2 Å². The molecule has 0 rings (SSSR count). The number of unbranched alkanes of at least 4 members (excludes halogenated alkanes) is 18. The smallest absolute Gasteiger partial charge is 0.306 e. The maximum absolute atomic E-state index is 12.3. The molecule has 0 heterocycles. The zero-order chi connectivity index (χ0) is 29.4. The van der Waals surface area contributed by atoms with Crippen LogP contribution in [0.25, 0.3) is 0 Å². The van der Waals surface area contributed by atoms with Crippen LogP contribution in [0, 0.1) is 0 Å². The van der Waals surface area contributed by atoms with Gasteiger partial charge in [0.1, 0.15) is 6.10 Å². The van der Waals surface area contributed by atoms with E-state index in [-0.39, 0.29) is 12.1 Å². The molecule has 0 aliphatic rings. The minimum Gasteiger partial charge on any atom is -0.481 e. The SMILES string of the molecule is CCCCC/C=C\C/C=C\CCCCCCCCCC(=O)OC(CCC)CCCCCCCCCCCC(=O)O. The molecule has 0 radical (unpaired) electrons. The first-order valence-electron chi connectivity index (χ1n) is 17.3. The van der Waals surface area contributed by atoms with Crippen LogP contribution < -0.4 is 0 Å². The molecule has 4 nitrogen and oxygen atoms in total. The number of hydrogen-bond donors (Lipinski definition) is 1. The number of carboxylic acid groups (broad SMARTS) is 1. The molecule has 1 unspecified atom stereocenters. The van der Waals surface area contributed by atoms with Crippen LogP contribution in [0.3, 0.4) is 0 Å². The van der Waals surface area contributed by atoms with E-state index in [1.165, 1.54) is 96.3 Å². The summed E-state index contributed by atoms with van der Waals surface area (Å²) in [4.78, 5) is 22.9. The molecule has 0 aromatic carbocycles. The van der Waals surface area contributed by atoms with Crippen molar-refractivity contribution in [2.45, 2.75) is 193 Å². The van der Waals surface area contributed by atoms with Gasteiger partial charge in [-0.25, -0.2) is 0 Å². The van der Waals surface area contributed by atoms with Gasteiger partial charge in [-0.3, -0.25) is 9.59 Å². The number of carbonyl (C=O) groups excluding carboxylic acids is 1. The van der Waals surface area contributed by atoms with Crippen molar-refractivity contribution in [3.8, 4) is 0 Å². The lowest BCUT2D eigenvalue weighted by Crippen LogP contribution is -2.18. The Balaban J connectivity index is 3.58. The molecule has 0 aliphatic heterocycles. The van der Waals surface area contributed by atoms with Crippen LogP contribution in [0.15, 0.2) is 24.3 Å². The number of rotatable bonds is 31. The summed E-state index contributed by atoms with van der Waals surface area (Å²) in [5.41, 5.74) is 0. The van der Waals surface area contributed by atoms with Gasteiger partial charge in [0.05, 0.1) is 0 Å². The topological polar surface area (TPSA) is 63.6 Å². The van der Waals surface area contributed by atoms with E-state index in [0.29, 0.717) is 12.8 Å². The Bertz CT molecular complexity index is 610. The highest BCUT2D eigenvalue weighted by Gasteiger charge is 2.13. The molecule has 0 saturated carbocycles. The standard InChI is InChI=1S/C36H66O4/c1-3-5-6-7-8-9-10-11-12-13-14-15-16-20-23-26-29-33-36(39)40-34(30-4-2)31-27-24-21-18-17-19-22-25-28-32-35(37)38/h8-9,11-12,34H,3-7,10,13-33H2,1-2H3,(H,37,38)/b9-8-,12-11-. The normalized spacial score (nSPS) is 12.4. The average Bonchev–Trinajstić information content (AvgIpc) is 2.93. The first kappa shape index (κ1) is 38.4. The van der Waals surface area contributed by atoms with Crippen molar-refractivity contribution >= 4 is 11.9 Å².